The summed E-state index contributed by atoms with van der Waals surface area (Å²) in [6.07, 6.45) is 0.826. The quantitative estimate of drug-likeness (QED) is 0.643. The van der Waals surface area contributed by atoms with Gasteiger partial charge in [-0.15, -0.1) is 0 Å². The van der Waals surface area contributed by atoms with Crippen molar-refractivity contribution in [1.82, 2.24) is 4.90 Å². The van der Waals surface area contributed by atoms with Crippen LogP contribution in [0.3, 0.4) is 0 Å². The van der Waals surface area contributed by atoms with Crippen molar-refractivity contribution in [2.45, 2.75) is 20.3 Å². The summed E-state index contributed by atoms with van der Waals surface area (Å²) >= 11 is 0. The van der Waals surface area contributed by atoms with Gasteiger partial charge in [0, 0.05) is 14.2 Å². The second-order valence-electron chi connectivity index (χ2n) is 4.81. The number of para-hydroxylation sites is 1. The van der Waals surface area contributed by atoms with Gasteiger partial charge in [0.2, 0.25) is 0 Å². The third-order valence-corrected chi connectivity index (χ3v) is 3.37. The molecule has 0 radical (unpaired) electrons. The van der Waals surface area contributed by atoms with Gasteiger partial charge in [-0.1, -0.05) is 25.1 Å². The average molecular weight is 292 g/mol. The maximum absolute atomic E-state index is 12.6. The van der Waals surface area contributed by atoms with Gasteiger partial charge in [0.15, 0.2) is 5.96 Å². The standard InChI is InChI=1S/C15H24N4O2/c1-5-12-8-6-7-11(2)13(12)18(3)15(20)19(14(16)17)9-10-21-4/h6-8H,5,9-10H2,1-4H3,(H3,16,17). The molecule has 0 saturated carbocycles. The van der Waals surface area contributed by atoms with E-state index in [2.05, 4.69) is 0 Å². The summed E-state index contributed by atoms with van der Waals surface area (Å²) in [6, 6.07) is 5.61. The summed E-state index contributed by atoms with van der Waals surface area (Å²) in [5.74, 6) is -0.282. The van der Waals surface area contributed by atoms with Crippen molar-refractivity contribution in [3.05, 3.63) is 29.3 Å². The van der Waals surface area contributed by atoms with Crippen LogP contribution < -0.4 is 10.6 Å². The first-order valence-electron chi connectivity index (χ1n) is 6.90. The number of ether oxygens (including phenoxy) is 1. The Labute approximate surface area is 126 Å². The molecule has 6 heteroatoms. The highest BCUT2D eigenvalue weighted by Gasteiger charge is 2.23. The number of carbonyl (C=O) groups is 1. The second kappa shape index (κ2) is 7.64. The molecule has 0 unspecified atom stereocenters. The Bertz CT molecular complexity index is 516. The zero-order valence-corrected chi connectivity index (χ0v) is 13.1. The molecule has 0 spiro atoms. The molecule has 0 aliphatic rings. The van der Waals surface area contributed by atoms with Crippen LogP contribution in [-0.4, -0.2) is 44.2 Å². The average Bonchev–Trinajstić information content (AvgIpc) is 2.46. The normalized spacial score (nSPS) is 10.3. The number of guanidine groups is 1. The third-order valence-electron chi connectivity index (χ3n) is 3.37. The number of nitrogens with two attached hydrogens (primary N) is 1. The summed E-state index contributed by atoms with van der Waals surface area (Å²) < 4.78 is 4.96. The van der Waals surface area contributed by atoms with Crippen LogP contribution in [0.25, 0.3) is 0 Å². The predicted octanol–water partition coefficient (Wildman–Crippen LogP) is 1.96. The van der Waals surface area contributed by atoms with Crippen LogP contribution in [0.2, 0.25) is 0 Å². The molecule has 6 nitrogen and oxygen atoms in total. The zero-order chi connectivity index (χ0) is 16.0. The number of urea groups is 1. The van der Waals surface area contributed by atoms with E-state index in [1.807, 2.05) is 32.0 Å². The first kappa shape index (κ1) is 17.0. The molecule has 0 fully saturated rings. The van der Waals surface area contributed by atoms with Gasteiger partial charge >= 0.3 is 6.03 Å². The Hall–Kier alpha value is -2.08. The number of aryl methyl sites for hydroxylation is 2. The van der Waals surface area contributed by atoms with Crippen molar-refractivity contribution in [2.24, 2.45) is 5.73 Å². The third kappa shape index (κ3) is 3.95. The number of anilines is 1. The van der Waals surface area contributed by atoms with E-state index >= 15 is 0 Å². The van der Waals surface area contributed by atoms with E-state index in [1.165, 1.54) is 4.90 Å². The highest BCUT2D eigenvalue weighted by atomic mass is 16.5. The Balaban J connectivity index is 3.08. The molecule has 0 saturated heterocycles. The first-order valence-corrected chi connectivity index (χ1v) is 6.90. The molecule has 21 heavy (non-hydrogen) atoms. The summed E-state index contributed by atoms with van der Waals surface area (Å²) in [6.45, 7) is 4.59. The number of nitrogens with zero attached hydrogens (tertiary/aromatic N) is 2. The van der Waals surface area contributed by atoms with Crippen LogP contribution in [0, 0.1) is 12.3 Å². The van der Waals surface area contributed by atoms with Crippen molar-refractivity contribution in [1.29, 1.82) is 5.41 Å². The van der Waals surface area contributed by atoms with Crippen LogP contribution in [-0.2, 0) is 11.2 Å². The van der Waals surface area contributed by atoms with Crippen LogP contribution in [0.1, 0.15) is 18.1 Å². The fourth-order valence-electron chi connectivity index (χ4n) is 2.26. The maximum Gasteiger partial charge on any atom is 0.331 e. The van der Waals surface area contributed by atoms with Gasteiger partial charge < -0.3 is 10.5 Å². The smallest absolute Gasteiger partial charge is 0.331 e. The van der Waals surface area contributed by atoms with Gasteiger partial charge in [-0.3, -0.25) is 15.2 Å². The van der Waals surface area contributed by atoms with Gasteiger partial charge in [0.25, 0.3) is 0 Å². The van der Waals surface area contributed by atoms with Crippen molar-refractivity contribution in [3.63, 3.8) is 0 Å². The zero-order valence-electron chi connectivity index (χ0n) is 13.1. The van der Waals surface area contributed by atoms with Crippen molar-refractivity contribution in [2.75, 3.05) is 32.2 Å². The lowest BCUT2D eigenvalue weighted by Crippen LogP contribution is -2.49. The highest BCUT2D eigenvalue weighted by Crippen LogP contribution is 2.25. The molecule has 1 rings (SSSR count). The molecular weight excluding hydrogens is 268 g/mol. The number of benzene rings is 1. The van der Waals surface area contributed by atoms with Crippen molar-refractivity contribution >= 4 is 17.7 Å². The minimum atomic E-state index is -0.330. The molecule has 0 heterocycles. The van der Waals surface area contributed by atoms with Gasteiger partial charge in [-0.2, -0.15) is 0 Å². The topological polar surface area (TPSA) is 82.7 Å². The van der Waals surface area contributed by atoms with E-state index < -0.39 is 0 Å². The minimum Gasteiger partial charge on any atom is -0.383 e. The van der Waals surface area contributed by atoms with E-state index in [1.54, 1.807) is 19.1 Å². The van der Waals surface area contributed by atoms with Crippen LogP contribution in [0.4, 0.5) is 10.5 Å². The summed E-state index contributed by atoms with van der Waals surface area (Å²) in [5.41, 5.74) is 8.48. The lowest BCUT2D eigenvalue weighted by molar-refractivity contribution is 0.174. The number of rotatable bonds is 5. The van der Waals surface area contributed by atoms with E-state index in [0.29, 0.717) is 6.61 Å². The SMILES string of the molecule is CCc1cccc(C)c1N(C)C(=O)N(CCOC)C(=N)N. The van der Waals surface area contributed by atoms with E-state index in [9.17, 15) is 4.79 Å². The number of carbonyl (C=O) groups excluding carboxylic acids is 1. The monoisotopic (exact) mass is 292 g/mol. The lowest BCUT2D eigenvalue weighted by atomic mass is 10.1. The lowest BCUT2D eigenvalue weighted by Gasteiger charge is -2.29. The van der Waals surface area contributed by atoms with E-state index in [4.69, 9.17) is 15.9 Å². The van der Waals surface area contributed by atoms with Crippen molar-refractivity contribution < 1.29 is 9.53 Å². The maximum atomic E-state index is 12.6. The molecule has 0 atom stereocenters. The molecule has 116 valence electrons. The second-order valence-corrected chi connectivity index (χ2v) is 4.81. The molecule has 1 aromatic carbocycles. The molecule has 3 N–H and O–H groups in total. The number of amides is 2. The number of hydrogen-bond donors (Lipinski definition) is 2. The van der Waals surface area contributed by atoms with Crippen LogP contribution >= 0.6 is 0 Å². The molecule has 0 aliphatic heterocycles. The Morgan fingerprint density at radius 3 is 2.62 bits per heavy atom. The number of hydrogen-bond acceptors (Lipinski definition) is 3. The Kier molecular flexibility index (Phi) is 6.17. The summed E-state index contributed by atoms with van der Waals surface area (Å²) in [4.78, 5) is 15.3. The van der Waals surface area contributed by atoms with Gasteiger partial charge in [-0.05, 0) is 24.5 Å². The number of nitrogens with one attached hydrogen (secondary N) is 1. The van der Waals surface area contributed by atoms with Gasteiger partial charge in [0.05, 0.1) is 18.8 Å². The molecule has 0 aliphatic carbocycles. The van der Waals surface area contributed by atoms with Crippen LogP contribution in [0.15, 0.2) is 18.2 Å². The molecule has 1 aromatic rings. The number of methoxy groups -OCH3 is 1. The van der Waals surface area contributed by atoms with Crippen LogP contribution in [0.5, 0.6) is 0 Å². The van der Waals surface area contributed by atoms with Gasteiger partial charge in [-0.25, -0.2) is 4.79 Å². The molecular formula is C15H24N4O2. The van der Waals surface area contributed by atoms with E-state index in [0.717, 1.165) is 23.2 Å². The molecule has 0 bridgehead atoms. The molecule has 0 aromatic heterocycles. The van der Waals surface area contributed by atoms with Crippen molar-refractivity contribution in [3.8, 4) is 0 Å². The summed E-state index contributed by atoms with van der Waals surface area (Å²) in [5, 5.41) is 7.57. The predicted molar refractivity (Wildman–Crippen MR) is 84.9 cm³/mol. The first-order chi connectivity index (χ1) is 9.93. The Morgan fingerprint density at radius 2 is 2.10 bits per heavy atom. The largest absolute Gasteiger partial charge is 0.383 e. The fraction of sp³-hybridized carbons (Fsp3) is 0.467. The van der Waals surface area contributed by atoms with E-state index in [-0.39, 0.29) is 18.5 Å². The fourth-order valence-corrected chi connectivity index (χ4v) is 2.26. The summed E-state index contributed by atoms with van der Waals surface area (Å²) in [7, 11) is 3.25. The minimum absolute atomic E-state index is 0.252. The highest BCUT2D eigenvalue weighted by molar-refractivity contribution is 6.02. The Morgan fingerprint density at radius 1 is 1.43 bits per heavy atom. The van der Waals surface area contributed by atoms with Gasteiger partial charge in [0.1, 0.15) is 0 Å². The molecule has 2 amide bonds.